The van der Waals surface area contributed by atoms with E-state index in [0.29, 0.717) is 19.7 Å². The molecule has 1 atom stereocenters. The summed E-state index contributed by atoms with van der Waals surface area (Å²) in [7, 11) is 5.64. The number of piperazine rings is 1. The predicted octanol–water partition coefficient (Wildman–Crippen LogP) is -1.33. The monoisotopic (exact) mass is 258 g/mol. The van der Waals surface area contributed by atoms with Gasteiger partial charge >= 0.3 is 0 Å². The Hall–Kier alpha value is -0.690. The summed E-state index contributed by atoms with van der Waals surface area (Å²) >= 11 is 0. The largest absolute Gasteiger partial charge is 0.383 e. The van der Waals surface area contributed by atoms with Crippen LogP contribution >= 0.6 is 0 Å². The third-order valence-electron chi connectivity index (χ3n) is 3.19. The van der Waals surface area contributed by atoms with E-state index in [1.165, 1.54) is 0 Å². The van der Waals surface area contributed by atoms with Crippen molar-refractivity contribution in [1.29, 1.82) is 0 Å². The molecule has 0 aliphatic carbocycles. The Morgan fingerprint density at radius 3 is 2.56 bits per heavy atom. The summed E-state index contributed by atoms with van der Waals surface area (Å²) in [5.74, 6) is 0.190. The molecule has 0 aromatic heterocycles. The van der Waals surface area contributed by atoms with E-state index in [1.807, 2.05) is 16.8 Å². The van der Waals surface area contributed by atoms with Gasteiger partial charge in [0.25, 0.3) is 0 Å². The van der Waals surface area contributed by atoms with Gasteiger partial charge in [-0.25, -0.2) is 0 Å². The molecule has 1 heterocycles. The Balaban J connectivity index is 2.26. The highest BCUT2D eigenvalue weighted by Crippen LogP contribution is 2.00. The number of nitrogens with two attached hydrogens (primary N) is 1. The highest BCUT2D eigenvalue weighted by atomic mass is 16.5. The maximum absolute atomic E-state index is 12.0. The van der Waals surface area contributed by atoms with Crippen LogP contribution in [0.1, 0.15) is 0 Å². The standard InChI is InChI=1S/C12H26N4O2/c1-14-4-6-16(7-5-14)12(17)9-15(2)8-11(13)10-18-3/h11H,4-10,13H2,1-3H3. The molecule has 1 aliphatic heterocycles. The minimum Gasteiger partial charge on any atom is -0.383 e. The molecule has 1 unspecified atom stereocenters. The third kappa shape index (κ3) is 5.30. The average molecular weight is 258 g/mol. The van der Waals surface area contributed by atoms with Crippen LogP contribution in [0.5, 0.6) is 0 Å². The quantitative estimate of drug-likeness (QED) is 0.639. The molecule has 0 aromatic carbocycles. The van der Waals surface area contributed by atoms with Gasteiger partial charge in [-0.15, -0.1) is 0 Å². The molecule has 1 saturated heterocycles. The summed E-state index contributed by atoms with van der Waals surface area (Å²) in [6.45, 7) is 5.19. The number of carbonyl (C=O) groups is 1. The second kappa shape index (κ2) is 7.68. The van der Waals surface area contributed by atoms with Crippen LogP contribution in [0.15, 0.2) is 0 Å². The number of hydrogen-bond donors (Lipinski definition) is 1. The maximum atomic E-state index is 12.0. The molecular formula is C12H26N4O2. The first kappa shape index (κ1) is 15.4. The Morgan fingerprint density at radius 1 is 1.39 bits per heavy atom. The van der Waals surface area contributed by atoms with E-state index in [-0.39, 0.29) is 11.9 Å². The number of nitrogens with zero attached hydrogens (tertiary/aromatic N) is 3. The molecule has 0 bridgehead atoms. The molecule has 18 heavy (non-hydrogen) atoms. The Kier molecular flexibility index (Phi) is 6.56. The number of carbonyl (C=O) groups excluding carboxylic acids is 1. The maximum Gasteiger partial charge on any atom is 0.236 e. The Labute approximate surface area is 110 Å². The van der Waals surface area contributed by atoms with E-state index in [1.54, 1.807) is 7.11 Å². The lowest BCUT2D eigenvalue weighted by Gasteiger charge is -2.33. The summed E-state index contributed by atoms with van der Waals surface area (Å²) in [4.78, 5) is 18.2. The van der Waals surface area contributed by atoms with E-state index in [9.17, 15) is 4.79 Å². The fourth-order valence-electron chi connectivity index (χ4n) is 2.12. The third-order valence-corrected chi connectivity index (χ3v) is 3.19. The minimum absolute atomic E-state index is 0.0414. The van der Waals surface area contributed by atoms with Gasteiger partial charge < -0.3 is 20.3 Å². The lowest BCUT2D eigenvalue weighted by molar-refractivity contribution is -0.133. The highest BCUT2D eigenvalue weighted by molar-refractivity contribution is 5.78. The van der Waals surface area contributed by atoms with E-state index in [0.717, 1.165) is 26.2 Å². The van der Waals surface area contributed by atoms with Crippen LogP contribution in [0.3, 0.4) is 0 Å². The lowest BCUT2D eigenvalue weighted by Crippen LogP contribution is -2.50. The zero-order chi connectivity index (χ0) is 13.5. The molecule has 6 nitrogen and oxygen atoms in total. The topological polar surface area (TPSA) is 62.0 Å². The first-order chi connectivity index (χ1) is 8.52. The second-order valence-electron chi connectivity index (χ2n) is 5.10. The van der Waals surface area contributed by atoms with Crippen molar-refractivity contribution in [3.63, 3.8) is 0 Å². The van der Waals surface area contributed by atoms with Crippen molar-refractivity contribution in [1.82, 2.24) is 14.7 Å². The van der Waals surface area contributed by atoms with Crippen LogP contribution < -0.4 is 5.73 Å². The molecule has 2 N–H and O–H groups in total. The molecule has 1 amide bonds. The van der Waals surface area contributed by atoms with Crippen LogP contribution in [-0.4, -0.2) is 93.7 Å². The molecular weight excluding hydrogens is 232 g/mol. The van der Waals surface area contributed by atoms with Crippen molar-refractivity contribution in [3.8, 4) is 0 Å². The van der Waals surface area contributed by atoms with Crippen LogP contribution in [0, 0.1) is 0 Å². The van der Waals surface area contributed by atoms with Crippen molar-refractivity contribution >= 4 is 5.91 Å². The van der Waals surface area contributed by atoms with Gasteiger partial charge in [0.2, 0.25) is 5.91 Å². The summed E-state index contributed by atoms with van der Waals surface area (Å²) in [6, 6.07) is -0.0414. The van der Waals surface area contributed by atoms with Gasteiger partial charge in [-0.05, 0) is 14.1 Å². The van der Waals surface area contributed by atoms with E-state index >= 15 is 0 Å². The number of methoxy groups -OCH3 is 1. The number of ether oxygens (including phenoxy) is 1. The fourth-order valence-corrected chi connectivity index (χ4v) is 2.12. The number of rotatable bonds is 6. The Morgan fingerprint density at radius 2 is 2.00 bits per heavy atom. The van der Waals surface area contributed by atoms with Gasteiger partial charge in [0, 0.05) is 45.9 Å². The first-order valence-corrected chi connectivity index (χ1v) is 6.42. The van der Waals surface area contributed by atoms with Gasteiger partial charge in [-0.1, -0.05) is 0 Å². The molecule has 0 radical (unpaired) electrons. The van der Waals surface area contributed by atoms with Gasteiger partial charge in [0.05, 0.1) is 13.2 Å². The normalized spacial score (nSPS) is 19.3. The van der Waals surface area contributed by atoms with Crippen LogP contribution in [0.2, 0.25) is 0 Å². The molecule has 1 aliphatic rings. The Bertz CT molecular complexity index is 254. The summed E-state index contributed by atoms with van der Waals surface area (Å²) in [5, 5.41) is 0. The summed E-state index contributed by atoms with van der Waals surface area (Å²) in [5.41, 5.74) is 5.86. The molecule has 1 rings (SSSR count). The summed E-state index contributed by atoms with van der Waals surface area (Å²) in [6.07, 6.45) is 0. The van der Waals surface area contributed by atoms with Gasteiger partial charge in [-0.3, -0.25) is 9.69 Å². The van der Waals surface area contributed by atoms with Crippen molar-refractivity contribution < 1.29 is 9.53 Å². The minimum atomic E-state index is -0.0414. The summed E-state index contributed by atoms with van der Waals surface area (Å²) < 4.78 is 4.99. The van der Waals surface area contributed by atoms with Crippen LogP contribution in [-0.2, 0) is 9.53 Å². The van der Waals surface area contributed by atoms with E-state index in [2.05, 4.69) is 11.9 Å². The number of hydrogen-bond acceptors (Lipinski definition) is 5. The molecule has 0 spiro atoms. The fraction of sp³-hybridized carbons (Fsp3) is 0.917. The lowest BCUT2D eigenvalue weighted by atomic mass is 10.3. The molecule has 6 heteroatoms. The van der Waals surface area contributed by atoms with Crippen molar-refractivity contribution in [3.05, 3.63) is 0 Å². The average Bonchev–Trinajstić information content (AvgIpc) is 2.29. The number of likely N-dealkylation sites (N-methyl/N-ethyl adjacent to an activating group) is 2. The molecule has 0 aromatic rings. The SMILES string of the molecule is COCC(N)CN(C)CC(=O)N1CCN(C)CC1. The molecule has 106 valence electrons. The van der Waals surface area contributed by atoms with Crippen molar-refractivity contribution in [2.24, 2.45) is 5.73 Å². The van der Waals surface area contributed by atoms with Gasteiger partial charge in [0.15, 0.2) is 0 Å². The predicted molar refractivity (Wildman–Crippen MR) is 71.4 cm³/mol. The zero-order valence-corrected chi connectivity index (χ0v) is 11.8. The second-order valence-corrected chi connectivity index (χ2v) is 5.10. The smallest absolute Gasteiger partial charge is 0.236 e. The first-order valence-electron chi connectivity index (χ1n) is 6.42. The van der Waals surface area contributed by atoms with Crippen LogP contribution in [0.4, 0.5) is 0 Å². The zero-order valence-electron chi connectivity index (χ0n) is 11.8. The van der Waals surface area contributed by atoms with Gasteiger partial charge in [-0.2, -0.15) is 0 Å². The van der Waals surface area contributed by atoms with Gasteiger partial charge in [0.1, 0.15) is 0 Å². The molecule has 0 saturated carbocycles. The van der Waals surface area contributed by atoms with Crippen molar-refractivity contribution in [2.45, 2.75) is 6.04 Å². The molecule has 1 fully saturated rings. The highest BCUT2D eigenvalue weighted by Gasteiger charge is 2.20. The number of amides is 1. The van der Waals surface area contributed by atoms with Crippen LogP contribution in [0.25, 0.3) is 0 Å². The van der Waals surface area contributed by atoms with Crippen molar-refractivity contribution in [2.75, 3.05) is 67.1 Å². The van der Waals surface area contributed by atoms with E-state index < -0.39 is 0 Å². The van der Waals surface area contributed by atoms with E-state index in [4.69, 9.17) is 10.5 Å².